The number of hydrogen-bond donors (Lipinski definition) is 1. The fourth-order valence-corrected chi connectivity index (χ4v) is 2.56. The fourth-order valence-electron chi connectivity index (χ4n) is 2.56. The van der Waals surface area contributed by atoms with Crippen molar-refractivity contribution in [3.63, 3.8) is 0 Å². The number of aromatic nitrogens is 1. The van der Waals surface area contributed by atoms with Crippen molar-refractivity contribution in [3.05, 3.63) is 41.6 Å². The van der Waals surface area contributed by atoms with Gasteiger partial charge in [-0.3, -0.25) is 4.79 Å². The molecule has 1 aromatic carbocycles. The molecule has 1 aliphatic heterocycles. The first-order valence-corrected chi connectivity index (χ1v) is 7.47. The summed E-state index contributed by atoms with van der Waals surface area (Å²) in [6, 6.07) is 6.19. The van der Waals surface area contributed by atoms with Crippen LogP contribution in [0.4, 0.5) is 13.2 Å². The van der Waals surface area contributed by atoms with Gasteiger partial charge in [-0.15, -0.1) is 0 Å². The van der Waals surface area contributed by atoms with Crippen LogP contribution in [0.15, 0.2) is 34.9 Å². The third kappa shape index (κ3) is 3.59. The summed E-state index contributed by atoms with van der Waals surface area (Å²) in [4.78, 5) is 12.1. The van der Waals surface area contributed by atoms with E-state index in [1.54, 1.807) is 0 Å². The number of rotatable bonds is 3. The van der Waals surface area contributed by atoms with Crippen molar-refractivity contribution < 1.29 is 27.2 Å². The first kappa shape index (κ1) is 16.5. The lowest BCUT2D eigenvalue weighted by Gasteiger charge is -2.22. The van der Waals surface area contributed by atoms with Gasteiger partial charge in [-0.05, 0) is 18.9 Å². The lowest BCUT2D eigenvalue weighted by atomic mass is 10.0. The van der Waals surface area contributed by atoms with Crippen molar-refractivity contribution in [3.8, 4) is 11.3 Å². The second-order valence-corrected chi connectivity index (χ2v) is 5.48. The van der Waals surface area contributed by atoms with Crippen molar-refractivity contribution in [2.75, 3.05) is 13.2 Å². The monoisotopic (exact) mass is 340 g/mol. The van der Waals surface area contributed by atoms with Gasteiger partial charge in [-0.1, -0.05) is 23.4 Å². The molecule has 0 bridgehead atoms. The van der Waals surface area contributed by atoms with Crippen molar-refractivity contribution >= 4 is 5.91 Å². The van der Waals surface area contributed by atoms with Gasteiger partial charge in [-0.2, -0.15) is 13.2 Å². The standard InChI is InChI=1S/C16H15F3N2O3/c17-16(18,19)12-4-2-1-3-11(12)14-9-13(21-24-14)15(22)20-10-5-7-23-8-6-10/h1-4,9-10H,5-8H2,(H,20,22). The van der Waals surface area contributed by atoms with Crippen LogP contribution in [0.25, 0.3) is 11.3 Å². The number of hydrogen-bond acceptors (Lipinski definition) is 4. The van der Waals surface area contributed by atoms with E-state index in [2.05, 4.69) is 10.5 Å². The molecule has 0 radical (unpaired) electrons. The Balaban J connectivity index is 1.80. The van der Waals surface area contributed by atoms with Gasteiger partial charge in [0.1, 0.15) is 0 Å². The van der Waals surface area contributed by atoms with Crippen LogP contribution in [0, 0.1) is 0 Å². The third-order valence-electron chi connectivity index (χ3n) is 3.80. The topological polar surface area (TPSA) is 64.4 Å². The molecule has 1 N–H and O–H groups in total. The number of alkyl halides is 3. The maximum atomic E-state index is 13.1. The lowest BCUT2D eigenvalue weighted by molar-refractivity contribution is -0.137. The Labute approximate surface area is 135 Å². The highest BCUT2D eigenvalue weighted by molar-refractivity contribution is 5.93. The zero-order valence-corrected chi connectivity index (χ0v) is 12.6. The molecule has 0 spiro atoms. The Morgan fingerprint density at radius 2 is 1.92 bits per heavy atom. The van der Waals surface area contributed by atoms with E-state index in [1.165, 1.54) is 24.3 Å². The summed E-state index contributed by atoms with van der Waals surface area (Å²) in [5, 5.41) is 6.38. The van der Waals surface area contributed by atoms with Gasteiger partial charge in [0, 0.05) is 30.9 Å². The van der Waals surface area contributed by atoms with Crippen LogP contribution in [0.3, 0.4) is 0 Å². The number of nitrogens with zero attached hydrogens (tertiary/aromatic N) is 1. The minimum absolute atomic E-state index is 0.0335. The highest BCUT2D eigenvalue weighted by atomic mass is 19.4. The molecule has 5 nitrogen and oxygen atoms in total. The molecule has 2 heterocycles. The Hall–Kier alpha value is -2.35. The molecule has 0 aliphatic carbocycles. The van der Waals surface area contributed by atoms with Crippen LogP contribution >= 0.6 is 0 Å². The summed E-state index contributed by atoms with van der Waals surface area (Å²) < 4.78 is 49.3. The van der Waals surface area contributed by atoms with Crippen LogP contribution in [-0.4, -0.2) is 30.3 Å². The van der Waals surface area contributed by atoms with Gasteiger partial charge < -0.3 is 14.6 Å². The normalized spacial score (nSPS) is 16.1. The predicted octanol–water partition coefficient (Wildman–Crippen LogP) is 3.27. The lowest BCUT2D eigenvalue weighted by Crippen LogP contribution is -2.39. The van der Waals surface area contributed by atoms with Crippen molar-refractivity contribution in [1.82, 2.24) is 10.5 Å². The highest BCUT2D eigenvalue weighted by Crippen LogP contribution is 2.37. The van der Waals surface area contributed by atoms with E-state index in [-0.39, 0.29) is 23.1 Å². The Bertz CT molecular complexity index is 721. The molecule has 1 amide bonds. The fraction of sp³-hybridized carbons (Fsp3) is 0.375. The average Bonchev–Trinajstić information content (AvgIpc) is 3.05. The van der Waals surface area contributed by atoms with Crippen molar-refractivity contribution in [2.45, 2.75) is 25.1 Å². The molecule has 1 aliphatic rings. The van der Waals surface area contributed by atoms with Crippen LogP contribution in [0.2, 0.25) is 0 Å². The Kier molecular flexibility index (Phi) is 4.57. The van der Waals surface area contributed by atoms with E-state index in [0.29, 0.717) is 26.1 Å². The molecular formula is C16H15F3N2O3. The quantitative estimate of drug-likeness (QED) is 0.931. The number of nitrogens with one attached hydrogen (secondary N) is 1. The van der Waals surface area contributed by atoms with Gasteiger partial charge in [0.15, 0.2) is 11.5 Å². The first-order chi connectivity index (χ1) is 11.4. The minimum atomic E-state index is -4.52. The molecule has 1 aromatic heterocycles. The van der Waals surface area contributed by atoms with E-state index >= 15 is 0 Å². The number of ether oxygens (including phenoxy) is 1. The SMILES string of the molecule is O=C(NC1CCOCC1)c1cc(-c2ccccc2C(F)(F)F)on1. The number of carbonyl (C=O) groups is 1. The summed E-state index contributed by atoms with van der Waals surface area (Å²) >= 11 is 0. The van der Waals surface area contributed by atoms with Crippen molar-refractivity contribution in [2.24, 2.45) is 0 Å². The Morgan fingerprint density at radius 3 is 2.62 bits per heavy atom. The maximum absolute atomic E-state index is 13.1. The van der Waals surface area contributed by atoms with E-state index in [1.807, 2.05) is 0 Å². The van der Waals surface area contributed by atoms with E-state index in [9.17, 15) is 18.0 Å². The van der Waals surface area contributed by atoms with Gasteiger partial charge >= 0.3 is 6.18 Å². The summed E-state index contributed by atoms with van der Waals surface area (Å²) in [5.41, 5.74) is -1.03. The molecule has 0 unspecified atom stereocenters. The van der Waals surface area contributed by atoms with E-state index < -0.39 is 17.6 Å². The summed E-state index contributed by atoms with van der Waals surface area (Å²) in [7, 11) is 0. The largest absolute Gasteiger partial charge is 0.417 e. The molecule has 2 aromatic rings. The molecule has 0 saturated carbocycles. The van der Waals surface area contributed by atoms with E-state index in [0.717, 1.165) is 6.07 Å². The zero-order chi connectivity index (χ0) is 17.2. The third-order valence-corrected chi connectivity index (χ3v) is 3.80. The zero-order valence-electron chi connectivity index (χ0n) is 12.6. The predicted molar refractivity (Wildman–Crippen MR) is 78.2 cm³/mol. The average molecular weight is 340 g/mol. The van der Waals surface area contributed by atoms with Gasteiger partial charge in [0.2, 0.25) is 0 Å². The van der Waals surface area contributed by atoms with Crippen molar-refractivity contribution in [1.29, 1.82) is 0 Å². The molecule has 1 fully saturated rings. The van der Waals surface area contributed by atoms with Crippen LogP contribution in [-0.2, 0) is 10.9 Å². The molecule has 8 heteroatoms. The molecule has 0 atom stereocenters. The summed E-state index contributed by atoms with van der Waals surface area (Å²) in [6.07, 6.45) is -3.14. The Morgan fingerprint density at radius 1 is 1.21 bits per heavy atom. The van der Waals surface area contributed by atoms with Gasteiger partial charge in [0.25, 0.3) is 5.91 Å². The number of benzene rings is 1. The van der Waals surface area contributed by atoms with Crippen LogP contribution in [0.5, 0.6) is 0 Å². The smallest absolute Gasteiger partial charge is 0.381 e. The van der Waals surface area contributed by atoms with Gasteiger partial charge in [0.05, 0.1) is 5.56 Å². The first-order valence-electron chi connectivity index (χ1n) is 7.47. The summed E-state index contributed by atoms with van der Waals surface area (Å²) in [5.74, 6) is -0.568. The second kappa shape index (κ2) is 6.64. The number of carbonyl (C=O) groups excluding carboxylic acids is 1. The highest BCUT2D eigenvalue weighted by Gasteiger charge is 2.34. The number of amides is 1. The van der Waals surface area contributed by atoms with E-state index in [4.69, 9.17) is 9.26 Å². The molecule has 1 saturated heterocycles. The summed E-state index contributed by atoms with van der Waals surface area (Å²) in [6.45, 7) is 1.13. The molecular weight excluding hydrogens is 325 g/mol. The number of halogens is 3. The molecule has 24 heavy (non-hydrogen) atoms. The minimum Gasteiger partial charge on any atom is -0.381 e. The van der Waals surface area contributed by atoms with Crippen LogP contribution in [0.1, 0.15) is 28.9 Å². The van der Waals surface area contributed by atoms with Gasteiger partial charge in [-0.25, -0.2) is 0 Å². The maximum Gasteiger partial charge on any atom is 0.417 e. The second-order valence-electron chi connectivity index (χ2n) is 5.48. The molecule has 3 rings (SSSR count). The molecule has 128 valence electrons. The van der Waals surface area contributed by atoms with Crippen LogP contribution < -0.4 is 5.32 Å².